The molecule has 0 bridgehead atoms. The molecule has 50 heavy (non-hydrogen) atoms. The van der Waals surface area contributed by atoms with Crippen molar-refractivity contribution in [2.24, 2.45) is 0 Å². The highest BCUT2D eigenvalue weighted by molar-refractivity contribution is 6.32. The molecule has 4 aromatic carbocycles. The number of benzene rings is 4. The van der Waals surface area contributed by atoms with E-state index in [2.05, 4.69) is 4.90 Å². The van der Waals surface area contributed by atoms with E-state index >= 15 is 0 Å². The SMILES string of the molecule is COC(=O)CN(C(=O)OC(C)(C)C)c1cccc(OCCCN(Cc2cccc(C(F)(F)F)c2Cl)CC(c2ccccc2)c2ccccc2)c1. The zero-order chi connectivity index (χ0) is 36.3. The molecule has 0 unspecified atom stereocenters. The van der Waals surface area contributed by atoms with Crippen molar-refractivity contribution < 1.29 is 37.0 Å². The van der Waals surface area contributed by atoms with E-state index in [4.69, 9.17) is 25.8 Å². The van der Waals surface area contributed by atoms with Gasteiger partial charge in [-0.25, -0.2) is 4.79 Å². The molecule has 0 aliphatic rings. The Morgan fingerprint density at radius 2 is 1.46 bits per heavy atom. The molecule has 0 radical (unpaired) electrons. The molecule has 0 fully saturated rings. The molecule has 0 aliphatic carbocycles. The smallest absolute Gasteiger partial charge is 0.417 e. The van der Waals surface area contributed by atoms with E-state index in [0.29, 0.717) is 36.5 Å². The Bertz CT molecular complexity index is 1660. The fourth-order valence-corrected chi connectivity index (χ4v) is 5.71. The fourth-order valence-electron chi connectivity index (χ4n) is 5.42. The van der Waals surface area contributed by atoms with Crippen molar-refractivity contribution in [3.8, 4) is 5.75 Å². The molecule has 0 saturated carbocycles. The number of amides is 1. The summed E-state index contributed by atoms with van der Waals surface area (Å²) in [6.07, 6.45) is -4.77. The van der Waals surface area contributed by atoms with Crippen LogP contribution in [0.5, 0.6) is 5.75 Å². The molecule has 4 aromatic rings. The van der Waals surface area contributed by atoms with Crippen molar-refractivity contribution in [2.45, 2.75) is 51.4 Å². The van der Waals surface area contributed by atoms with Gasteiger partial charge in [0.2, 0.25) is 0 Å². The number of halogens is 4. The lowest BCUT2D eigenvalue weighted by molar-refractivity contribution is -0.139. The maximum absolute atomic E-state index is 13.7. The number of alkyl halides is 3. The van der Waals surface area contributed by atoms with Crippen LogP contribution in [0.15, 0.2) is 103 Å². The normalized spacial score (nSPS) is 11.8. The summed E-state index contributed by atoms with van der Waals surface area (Å²) in [6.45, 7) is 6.27. The van der Waals surface area contributed by atoms with E-state index in [1.165, 1.54) is 18.1 Å². The first-order valence-electron chi connectivity index (χ1n) is 16.2. The molecule has 0 spiro atoms. The summed E-state index contributed by atoms with van der Waals surface area (Å²) in [5.41, 5.74) is 1.26. The number of carbonyl (C=O) groups is 2. The molecule has 0 aliphatic heterocycles. The number of esters is 1. The number of methoxy groups -OCH3 is 1. The monoisotopic (exact) mass is 710 g/mol. The first kappa shape index (κ1) is 38.3. The van der Waals surface area contributed by atoms with E-state index < -0.39 is 29.4 Å². The van der Waals surface area contributed by atoms with Crippen LogP contribution in [-0.4, -0.2) is 55.9 Å². The lowest BCUT2D eigenvalue weighted by Gasteiger charge is -2.29. The first-order chi connectivity index (χ1) is 23.7. The average molecular weight is 711 g/mol. The van der Waals surface area contributed by atoms with E-state index in [1.807, 2.05) is 60.7 Å². The second kappa shape index (κ2) is 17.4. The van der Waals surface area contributed by atoms with Crippen molar-refractivity contribution in [2.75, 3.05) is 38.3 Å². The van der Waals surface area contributed by atoms with E-state index in [0.717, 1.165) is 17.2 Å². The molecule has 0 atom stereocenters. The van der Waals surface area contributed by atoms with Crippen molar-refractivity contribution in [3.05, 3.63) is 130 Å². The molecule has 266 valence electrons. The lowest BCUT2D eigenvalue weighted by Crippen LogP contribution is -2.40. The molecule has 0 saturated heterocycles. The Labute approximate surface area is 296 Å². The maximum Gasteiger partial charge on any atom is 0.417 e. The predicted molar refractivity (Wildman–Crippen MR) is 189 cm³/mol. The summed E-state index contributed by atoms with van der Waals surface area (Å²) >= 11 is 6.35. The number of carbonyl (C=O) groups excluding carboxylic acids is 2. The number of rotatable bonds is 14. The Morgan fingerprint density at radius 1 is 0.840 bits per heavy atom. The third kappa shape index (κ3) is 11.2. The molecular formula is C39H42ClF3N2O5. The van der Waals surface area contributed by atoms with Crippen LogP contribution in [0.4, 0.5) is 23.7 Å². The number of nitrogens with zero attached hydrogens (tertiary/aromatic N) is 2. The second-order valence-electron chi connectivity index (χ2n) is 12.7. The van der Waals surface area contributed by atoms with Crippen molar-refractivity contribution in [3.63, 3.8) is 0 Å². The topological polar surface area (TPSA) is 68.3 Å². The summed E-state index contributed by atoms with van der Waals surface area (Å²) in [5.74, 6) is -0.222. The molecule has 7 nitrogen and oxygen atoms in total. The maximum atomic E-state index is 13.7. The third-order valence-electron chi connectivity index (χ3n) is 7.77. The van der Waals surface area contributed by atoms with Gasteiger partial charge in [-0.1, -0.05) is 90.5 Å². The molecule has 0 N–H and O–H groups in total. The second-order valence-corrected chi connectivity index (χ2v) is 13.1. The van der Waals surface area contributed by atoms with Crippen LogP contribution in [0.3, 0.4) is 0 Å². The quantitative estimate of drug-likeness (QED) is 0.0960. The Kier molecular flexibility index (Phi) is 13.3. The summed E-state index contributed by atoms with van der Waals surface area (Å²) in [6, 6.07) is 30.7. The Hall–Kier alpha value is -4.54. The summed E-state index contributed by atoms with van der Waals surface area (Å²) in [4.78, 5) is 28.4. The Balaban J connectivity index is 1.54. The highest BCUT2D eigenvalue weighted by atomic mass is 35.5. The van der Waals surface area contributed by atoms with Gasteiger partial charge in [-0.2, -0.15) is 13.2 Å². The van der Waals surface area contributed by atoms with Crippen LogP contribution in [0.1, 0.15) is 55.4 Å². The van der Waals surface area contributed by atoms with E-state index in [-0.39, 0.29) is 30.6 Å². The molecule has 4 rings (SSSR count). The van der Waals surface area contributed by atoms with Crippen LogP contribution in [0, 0.1) is 0 Å². The summed E-state index contributed by atoms with van der Waals surface area (Å²) < 4.78 is 57.6. The van der Waals surface area contributed by atoms with Gasteiger partial charge in [-0.3, -0.25) is 14.6 Å². The number of hydrogen-bond donors (Lipinski definition) is 0. The number of anilines is 1. The highest BCUT2D eigenvalue weighted by Gasteiger charge is 2.34. The number of hydrogen-bond acceptors (Lipinski definition) is 6. The minimum Gasteiger partial charge on any atom is -0.493 e. The van der Waals surface area contributed by atoms with Gasteiger partial charge in [0.1, 0.15) is 17.9 Å². The zero-order valence-electron chi connectivity index (χ0n) is 28.6. The van der Waals surface area contributed by atoms with E-state index in [1.54, 1.807) is 51.1 Å². The summed E-state index contributed by atoms with van der Waals surface area (Å²) in [5, 5.41) is -0.310. The minimum absolute atomic E-state index is 0.0618. The molecule has 11 heteroatoms. The first-order valence-corrected chi connectivity index (χ1v) is 16.6. The van der Waals surface area contributed by atoms with Gasteiger partial charge in [0.25, 0.3) is 0 Å². The van der Waals surface area contributed by atoms with Gasteiger partial charge < -0.3 is 14.2 Å². The zero-order valence-corrected chi connectivity index (χ0v) is 29.3. The van der Waals surface area contributed by atoms with Crippen LogP contribution in [-0.2, 0) is 27.0 Å². The molecular weight excluding hydrogens is 669 g/mol. The molecule has 0 aromatic heterocycles. The van der Waals surface area contributed by atoms with Crippen molar-refractivity contribution >= 4 is 29.4 Å². The standard InChI is InChI=1S/C39H42ClF3N2O5/c1-38(2,3)50-37(47)45(27-35(46)48-4)31-19-12-20-32(24-31)49-23-13-22-44(25-30-18-11-21-34(36(30)40)39(41,42)43)26-33(28-14-7-5-8-15-28)29-16-9-6-10-17-29/h5-12,14-21,24,33H,13,22-23,25-27H2,1-4H3. The number of ether oxygens (including phenoxy) is 3. The van der Waals surface area contributed by atoms with Crippen molar-refractivity contribution in [1.29, 1.82) is 0 Å². The molecule has 0 heterocycles. The van der Waals surface area contributed by atoms with Gasteiger partial charge in [-0.15, -0.1) is 0 Å². The van der Waals surface area contributed by atoms with Crippen LogP contribution in [0.2, 0.25) is 5.02 Å². The summed E-state index contributed by atoms with van der Waals surface area (Å²) in [7, 11) is 1.24. The lowest BCUT2D eigenvalue weighted by atomic mass is 9.90. The predicted octanol–water partition coefficient (Wildman–Crippen LogP) is 9.38. The average Bonchev–Trinajstić information content (AvgIpc) is 3.08. The van der Waals surface area contributed by atoms with Gasteiger partial charge >= 0.3 is 18.2 Å². The van der Waals surface area contributed by atoms with Gasteiger partial charge in [0.05, 0.1) is 30.0 Å². The Morgan fingerprint density at radius 3 is 2.04 bits per heavy atom. The minimum atomic E-state index is -4.58. The van der Waals surface area contributed by atoms with Crippen molar-refractivity contribution in [1.82, 2.24) is 4.90 Å². The van der Waals surface area contributed by atoms with Crippen LogP contribution >= 0.6 is 11.6 Å². The van der Waals surface area contributed by atoms with Crippen LogP contribution < -0.4 is 9.64 Å². The highest BCUT2D eigenvalue weighted by Crippen LogP contribution is 2.37. The van der Waals surface area contributed by atoms with E-state index in [9.17, 15) is 22.8 Å². The van der Waals surface area contributed by atoms with Gasteiger partial charge in [0.15, 0.2) is 0 Å². The van der Waals surface area contributed by atoms with Crippen LogP contribution in [0.25, 0.3) is 0 Å². The third-order valence-corrected chi connectivity index (χ3v) is 8.21. The van der Waals surface area contributed by atoms with Gasteiger partial charge in [-0.05, 0) is 62.1 Å². The van der Waals surface area contributed by atoms with Gasteiger partial charge in [0, 0.05) is 31.6 Å². The largest absolute Gasteiger partial charge is 0.493 e. The fraction of sp³-hybridized carbons (Fsp3) is 0.333. The molecule has 1 amide bonds.